The highest BCUT2D eigenvalue weighted by atomic mass is 16.5. The SMILES string of the molecule is CC(CO)N(C)CCCOCc1ccccc1. The predicted molar refractivity (Wildman–Crippen MR) is 69.9 cm³/mol. The van der Waals surface area contributed by atoms with Crippen molar-refractivity contribution in [2.45, 2.75) is 26.0 Å². The molecule has 1 atom stereocenters. The van der Waals surface area contributed by atoms with Crippen molar-refractivity contribution in [1.29, 1.82) is 0 Å². The van der Waals surface area contributed by atoms with Crippen LogP contribution < -0.4 is 0 Å². The quantitative estimate of drug-likeness (QED) is 0.701. The minimum atomic E-state index is 0.210. The Kier molecular flexibility index (Phi) is 6.86. The van der Waals surface area contributed by atoms with E-state index in [9.17, 15) is 0 Å². The van der Waals surface area contributed by atoms with Crippen LogP contribution in [0, 0.1) is 0 Å². The van der Waals surface area contributed by atoms with Gasteiger partial charge in [0.1, 0.15) is 0 Å². The lowest BCUT2D eigenvalue weighted by molar-refractivity contribution is 0.0993. The van der Waals surface area contributed by atoms with E-state index in [-0.39, 0.29) is 12.6 Å². The first kappa shape index (κ1) is 14.2. The van der Waals surface area contributed by atoms with Crippen LogP contribution in [0.25, 0.3) is 0 Å². The fourth-order valence-electron chi connectivity index (χ4n) is 1.54. The summed E-state index contributed by atoms with van der Waals surface area (Å²) in [4.78, 5) is 2.14. The molecule has 0 saturated heterocycles. The number of nitrogens with zero attached hydrogens (tertiary/aromatic N) is 1. The Morgan fingerprint density at radius 1 is 1.29 bits per heavy atom. The van der Waals surface area contributed by atoms with E-state index in [4.69, 9.17) is 9.84 Å². The van der Waals surface area contributed by atoms with Gasteiger partial charge in [-0.05, 0) is 26.0 Å². The summed E-state index contributed by atoms with van der Waals surface area (Å²) < 4.78 is 5.59. The molecule has 0 saturated carbocycles. The van der Waals surface area contributed by atoms with Crippen molar-refractivity contribution >= 4 is 0 Å². The van der Waals surface area contributed by atoms with Crippen LogP contribution in [0.5, 0.6) is 0 Å². The lowest BCUT2D eigenvalue weighted by atomic mass is 10.2. The topological polar surface area (TPSA) is 32.7 Å². The molecule has 1 aromatic carbocycles. The molecule has 1 rings (SSSR count). The number of hydrogen-bond acceptors (Lipinski definition) is 3. The molecule has 0 aromatic heterocycles. The highest BCUT2D eigenvalue weighted by Crippen LogP contribution is 2.01. The summed E-state index contributed by atoms with van der Waals surface area (Å²) in [6.45, 7) is 4.63. The van der Waals surface area contributed by atoms with Crippen molar-refractivity contribution in [3.8, 4) is 0 Å². The third-order valence-corrected chi connectivity index (χ3v) is 2.93. The zero-order valence-electron chi connectivity index (χ0n) is 10.8. The van der Waals surface area contributed by atoms with Gasteiger partial charge >= 0.3 is 0 Å². The molecule has 0 radical (unpaired) electrons. The minimum Gasteiger partial charge on any atom is -0.395 e. The van der Waals surface area contributed by atoms with E-state index in [1.165, 1.54) is 5.56 Å². The number of hydrogen-bond donors (Lipinski definition) is 1. The van der Waals surface area contributed by atoms with Gasteiger partial charge in [-0.15, -0.1) is 0 Å². The second-order valence-corrected chi connectivity index (χ2v) is 4.40. The van der Waals surface area contributed by atoms with E-state index in [2.05, 4.69) is 17.0 Å². The van der Waals surface area contributed by atoms with E-state index in [0.29, 0.717) is 6.61 Å². The second kappa shape index (κ2) is 8.23. The number of aliphatic hydroxyl groups is 1. The molecule has 1 unspecified atom stereocenters. The standard InChI is InChI=1S/C14H23NO2/c1-13(11-16)15(2)9-6-10-17-12-14-7-4-3-5-8-14/h3-5,7-8,13,16H,6,9-12H2,1-2H3. The summed E-state index contributed by atoms with van der Waals surface area (Å²) in [5.41, 5.74) is 1.21. The third kappa shape index (κ3) is 5.82. The van der Waals surface area contributed by atoms with Crippen LogP contribution in [0.1, 0.15) is 18.9 Å². The first-order valence-electron chi connectivity index (χ1n) is 6.17. The van der Waals surface area contributed by atoms with Gasteiger partial charge in [-0.1, -0.05) is 30.3 Å². The summed E-state index contributed by atoms with van der Waals surface area (Å²) >= 11 is 0. The molecule has 0 aliphatic rings. The molecule has 0 aliphatic carbocycles. The largest absolute Gasteiger partial charge is 0.395 e. The van der Waals surface area contributed by atoms with Crippen molar-refractivity contribution in [2.75, 3.05) is 26.8 Å². The number of ether oxygens (including phenoxy) is 1. The van der Waals surface area contributed by atoms with Gasteiger partial charge in [-0.3, -0.25) is 0 Å². The molecule has 0 aliphatic heterocycles. The van der Waals surface area contributed by atoms with Gasteiger partial charge in [0.05, 0.1) is 13.2 Å². The van der Waals surface area contributed by atoms with Gasteiger partial charge < -0.3 is 14.7 Å². The summed E-state index contributed by atoms with van der Waals surface area (Å²) in [5.74, 6) is 0. The third-order valence-electron chi connectivity index (χ3n) is 2.93. The van der Waals surface area contributed by atoms with Crippen molar-refractivity contribution in [3.05, 3.63) is 35.9 Å². The smallest absolute Gasteiger partial charge is 0.0716 e. The van der Waals surface area contributed by atoms with Crippen LogP contribution in [-0.4, -0.2) is 42.9 Å². The average molecular weight is 237 g/mol. The molecule has 1 aromatic rings. The molecule has 0 spiro atoms. The summed E-state index contributed by atoms with van der Waals surface area (Å²) in [6.07, 6.45) is 0.994. The molecule has 3 nitrogen and oxygen atoms in total. The zero-order chi connectivity index (χ0) is 12.5. The zero-order valence-corrected chi connectivity index (χ0v) is 10.8. The minimum absolute atomic E-state index is 0.210. The maximum absolute atomic E-state index is 8.98. The Hall–Kier alpha value is -0.900. The molecule has 3 heteroatoms. The van der Waals surface area contributed by atoms with E-state index in [0.717, 1.165) is 19.6 Å². The van der Waals surface area contributed by atoms with E-state index in [1.807, 2.05) is 32.2 Å². The maximum atomic E-state index is 8.98. The lowest BCUT2D eigenvalue weighted by Crippen LogP contribution is -2.33. The first-order valence-corrected chi connectivity index (χ1v) is 6.17. The van der Waals surface area contributed by atoms with E-state index in [1.54, 1.807) is 0 Å². The number of rotatable bonds is 8. The summed E-state index contributed by atoms with van der Waals surface area (Å²) in [6, 6.07) is 10.4. The van der Waals surface area contributed by atoms with Gasteiger partial charge in [-0.2, -0.15) is 0 Å². The molecule has 17 heavy (non-hydrogen) atoms. The number of benzene rings is 1. The number of likely N-dealkylation sites (N-methyl/N-ethyl adjacent to an activating group) is 1. The van der Waals surface area contributed by atoms with Gasteiger partial charge in [0.15, 0.2) is 0 Å². The Balaban J connectivity index is 2.05. The van der Waals surface area contributed by atoms with Crippen LogP contribution in [0.4, 0.5) is 0 Å². The summed E-state index contributed by atoms with van der Waals surface area (Å²) in [5, 5.41) is 8.98. The monoisotopic (exact) mass is 237 g/mol. The maximum Gasteiger partial charge on any atom is 0.0716 e. The van der Waals surface area contributed by atoms with Crippen LogP contribution in [-0.2, 0) is 11.3 Å². The molecular formula is C14H23NO2. The van der Waals surface area contributed by atoms with Crippen LogP contribution in [0.15, 0.2) is 30.3 Å². The van der Waals surface area contributed by atoms with Gasteiger partial charge in [0.2, 0.25) is 0 Å². The molecule has 0 fully saturated rings. The first-order chi connectivity index (χ1) is 8.24. The molecule has 0 bridgehead atoms. The summed E-state index contributed by atoms with van der Waals surface area (Å²) in [7, 11) is 2.03. The van der Waals surface area contributed by atoms with Crippen molar-refractivity contribution in [2.24, 2.45) is 0 Å². The van der Waals surface area contributed by atoms with Gasteiger partial charge in [0, 0.05) is 19.2 Å². The fourth-order valence-corrected chi connectivity index (χ4v) is 1.54. The Morgan fingerprint density at radius 3 is 2.65 bits per heavy atom. The fraction of sp³-hybridized carbons (Fsp3) is 0.571. The molecular weight excluding hydrogens is 214 g/mol. The van der Waals surface area contributed by atoms with Crippen LogP contribution >= 0.6 is 0 Å². The Bertz CT molecular complexity index is 290. The van der Waals surface area contributed by atoms with Crippen molar-refractivity contribution in [1.82, 2.24) is 4.90 Å². The molecule has 96 valence electrons. The van der Waals surface area contributed by atoms with E-state index < -0.39 is 0 Å². The van der Waals surface area contributed by atoms with E-state index >= 15 is 0 Å². The lowest BCUT2D eigenvalue weighted by Gasteiger charge is -2.22. The van der Waals surface area contributed by atoms with Crippen LogP contribution in [0.2, 0.25) is 0 Å². The second-order valence-electron chi connectivity index (χ2n) is 4.40. The number of aliphatic hydroxyl groups excluding tert-OH is 1. The highest BCUT2D eigenvalue weighted by Gasteiger charge is 2.06. The average Bonchev–Trinajstić information content (AvgIpc) is 2.38. The predicted octanol–water partition coefficient (Wildman–Crippen LogP) is 1.91. The molecule has 0 heterocycles. The van der Waals surface area contributed by atoms with Crippen LogP contribution in [0.3, 0.4) is 0 Å². The van der Waals surface area contributed by atoms with Crippen molar-refractivity contribution in [3.63, 3.8) is 0 Å². The van der Waals surface area contributed by atoms with Crippen molar-refractivity contribution < 1.29 is 9.84 Å². The highest BCUT2D eigenvalue weighted by molar-refractivity contribution is 5.13. The Morgan fingerprint density at radius 2 is 2.00 bits per heavy atom. The van der Waals surface area contributed by atoms with Gasteiger partial charge in [0.25, 0.3) is 0 Å². The Labute approximate surface area is 104 Å². The normalized spacial score (nSPS) is 12.9. The molecule has 0 amide bonds. The molecule has 1 N–H and O–H groups in total. The van der Waals surface area contributed by atoms with Gasteiger partial charge in [-0.25, -0.2) is 0 Å².